The molecular weight excluding hydrogens is 730 g/mol. The van der Waals surface area contributed by atoms with Crippen molar-refractivity contribution in [3.05, 3.63) is 108 Å². The summed E-state index contributed by atoms with van der Waals surface area (Å²) >= 11 is 0. The first kappa shape index (κ1) is 44.4. The third kappa shape index (κ3) is 19.1. The maximum Gasteiger partial charge on any atom is 2.00 e. The van der Waals surface area contributed by atoms with Crippen molar-refractivity contribution in [1.82, 2.24) is 0 Å². The smallest absolute Gasteiger partial charge is 0.872 e. The second-order valence-electron chi connectivity index (χ2n) is 12.2. The predicted octanol–water partition coefficient (Wildman–Crippen LogP) is 8.51. The van der Waals surface area contributed by atoms with E-state index in [1.807, 2.05) is 60.7 Å². The van der Waals surface area contributed by atoms with Gasteiger partial charge in [0.15, 0.2) is 0 Å². The van der Waals surface area contributed by atoms with Crippen LogP contribution < -0.4 is 29.2 Å². The number of para-hydroxylation sites is 2. The number of hydrogen-bond donors (Lipinski definition) is 2. The number of hydrogen-bond acceptors (Lipinski definition) is 8. The number of carbonyl (C=O) groups is 2. The van der Waals surface area contributed by atoms with Crippen molar-refractivity contribution >= 4 is 11.9 Å². The van der Waals surface area contributed by atoms with Gasteiger partial charge in [0.25, 0.3) is 0 Å². The molecule has 4 rings (SSSR count). The monoisotopic (exact) mass is 778 g/mol. The van der Waals surface area contributed by atoms with E-state index in [4.69, 9.17) is 29.2 Å². The first-order valence-electron chi connectivity index (χ1n) is 18.0. The van der Waals surface area contributed by atoms with E-state index in [1.165, 1.54) is 36.4 Å². The molecule has 0 saturated heterocycles. The summed E-state index contributed by atoms with van der Waals surface area (Å²) in [5.41, 5.74) is -0.456. The van der Waals surface area contributed by atoms with Gasteiger partial charge in [-0.3, -0.25) is 0 Å². The summed E-state index contributed by atoms with van der Waals surface area (Å²) < 4.78 is 22.3. The molecule has 0 saturated carbocycles. The number of rotatable bonds is 24. The van der Waals surface area contributed by atoms with Crippen molar-refractivity contribution < 1.29 is 68.4 Å². The molecule has 11 heteroatoms. The van der Waals surface area contributed by atoms with Crippen molar-refractivity contribution in [2.45, 2.75) is 77.0 Å². The molecule has 0 radical (unpaired) electrons. The largest absolute Gasteiger partial charge is 2.00 e. The van der Waals surface area contributed by atoms with Crippen LogP contribution in [0.1, 0.15) is 97.8 Å². The molecule has 0 fully saturated rings. The second-order valence-corrected chi connectivity index (χ2v) is 12.2. The van der Waals surface area contributed by atoms with Crippen LogP contribution in [0.3, 0.4) is 0 Å². The molecule has 0 spiro atoms. The molecular formula is C42H50O10Zn. The molecule has 0 bridgehead atoms. The van der Waals surface area contributed by atoms with Crippen molar-refractivity contribution in [1.29, 1.82) is 0 Å². The van der Waals surface area contributed by atoms with E-state index < -0.39 is 23.4 Å². The molecule has 0 heterocycles. The topological polar surface area (TPSA) is 158 Å². The van der Waals surface area contributed by atoms with Gasteiger partial charge in [-0.25, -0.2) is 9.59 Å². The fourth-order valence-electron chi connectivity index (χ4n) is 5.15. The molecule has 0 atom stereocenters. The zero-order valence-corrected chi connectivity index (χ0v) is 33.4. The van der Waals surface area contributed by atoms with Crippen LogP contribution in [-0.2, 0) is 19.5 Å². The summed E-state index contributed by atoms with van der Waals surface area (Å²) in [6.45, 7) is 2.56. The zero-order valence-electron chi connectivity index (χ0n) is 30.4. The van der Waals surface area contributed by atoms with Gasteiger partial charge in [0.2, 0.25) is 0 Å². The van der Waals surface area contributed by atoms with Crippen molar-refractivity contribution in [2.24, 2.45) is 0 Å². The van der Waals surface area contributed by atoms with Crippen LogP contribution >= 0.6 is 0 Å². The molecule has 4 aromatic rings. The van der Waals surface area contributed by atoms with Crippen molar-refractivity contribution in [2.75, 3.05) is 26.4 Å². The Labute approximate surface area is 325 Å². The quantitative estimate of drug-likeness (QED) is 0.0522. The third-order valence-electron chi connectivity index (χ3n) is 8.01. The average Bonchev–Trinajstić information content (AvgIpc) is 3.14. The third-order valence-corrected chi connectivity index (χ3v) is 8.01. The summed E-state index contributed by atoms with van der Waals surface area (Å²) in [6, 6.07) is 27.8. The molecule has 0 aromatic heterocycles. The SMILES string of the molecule is O=C(O)c1ccc(OCCCCCCCCOc2ccccc2)cc1[O-].O=C(O)c1ccc(OCCCCCCCCOc2ccccc2)cc1[O-].[Zn+2]. The fourth-order valence-corrected chi connectivity index (χ4v) is 5.15. The Balaban J connectivity index is 0.000000360. The average molecular weight is 780 g/mol. The van der Waals surface area contributed by atoms with Crippen LogP contribution in [0.15, 0.2) is 97.1 Å². The Morgan fingerprint density at radius 1 is 0.415 bits per heavy atom. The molecule has 2 N–H and O–H groups in total. The van der Waals surface area contributed by atoms with Gasteiger partial charge in [0, 0.05) is 0 Å². The first-order chi connectivity index (χ1) is 25.3. The van der Waals surface area contributed by atoms with E-state index in [1.54, 1.807) is 0 Å². The van der Waals surface area contributed by atoms with Gasteiger partial charge in [0.05, 0.1) is 37.6 Å². The van der Waals surface area contributed by atoms with Crippen molar-refractivity contribution in [3.8, 4) is 34.5 Å². The minimum atomic E-state index is -1.21. The number of carboxylic acid groups (broad SMARTS) is 2. The Bertz CT molecular complexity index is 1460. The predicted molar refractivity (Wildman–Crippen MR) is 196 cm³/mol. The minimum Gasteiger partial charge on any atom is -0.872 e. The molecule has 0 aliphatic heterocycles. The summed E-state index contributed by atoms with van der Waals surface area (Å²) in [5, 5.41) is 40.8. The number of ether oxygens (including phenoxy) is 4. The van der Waals surface area contributed by atoms with Crippen LogP contribution in [0, 0.1) is 0 Å². The van der Waals surface area contributed by atoms with Gasteiger partial charge >= 0.3 is 31.4 Å². The van der Waals surface area contributed by atoms with Gasteiger partial charge in [0.1, 0.15) is 23.0 Å². The van der Waals surface area contributed by atoms with Crippen LogP contribution in [0.4, 0.5) is 0 Å². The Kier molecular flexibility index (Phi) is 22.6. The van der Waals surface area contributed by atoms with E-state index in [-0.39, 0.29) is 30.6 Å². The van der Waals surface area contributed by atoms with E-state index in [0.29, 0.717) is 24.7 Å². The molecule has 53 heavy (non-hydrogen) atoms. The number of unbranched alkanes of at least 4 members (excludes halogenated alkanes) is 10. The molecule has 4 aromatic carbocycles. The van der Waals surface area contributed by atoms with Gasteiger partial charge < -0.3 is 39.4 Å². The van der Waals surface area contributed by atoms with Gasteiger partial charge in [-0.1, -0.05) is 99.3 Å². The fraction of sp³-hybridized carbons (Fsp3) is 0.381. The molecule has 280 valence electrons. The Hall–Kier alpha value is -4.76. The minimum absolute atomic E-state index is 0. The van der Waals surface area contributed by atoms with Crippen molar-refractivity contribution in [3.63, 3.8) is 0 Å². The van der Waals surface area contributed by atoms with Gasteiger partial charge in [-0.15, -0.1) is 0 Å². The standard InChI is InChI=1S/2C21H26O5.Zn/c2*22-20-16-18(12-13-19(20)21(23)24)26-15-9-4-2-1-3-8-14-25-17-10-6-5-7-11-17;/h2*5-7,10-13,16,22H,1-4,8-9,14-15H2,(H,23,24);/q;;+2/p-2. The molecule has 0 unspecified atom stereocenters. The molecule has 0 amide bonds. The molecule has 10 nitrogen and oxygen atoms in total. The van der Waals surface area contributed by atoms with Crippen LogP contribution in [0.5, 0.6) is 34.5 Å². The number of benzene rings is 4. The van der Waals surface area contributed by atoms with Crippen LogP contribution in [0.25, 0.3) is 0 Å². The van der Waals surface area contributed by atoms with Gasteiger partial charge in [-0.05, 0) is 86.3 Å². The normalized spacial score (nSPS) is 10.3. The molecule has 0 aliphatic carbocycles. The Morgan fingerprint density at radius 3 is 0.981 bits per heavy atom. The molecule has 0 aliphatic rings. The Morgan fingerprint density at radius 2 is 0.698 bits per heavy atom. The summed E-state index contributed by atoms with van der Waals surface area (Å²) in [5.74, 6) is -0.771. The maximum atomic E-state index is 11.6. The summed E-state index contributed by atoms with van der Waals surface area (Å²) in [7, 11) is 0. The van der Waals surface area contributed by atoms with E-state index in [9.17, 15) is 19.8 Å². The summed E-state index contributed by atoms with van der Waals surface area (Å²) in [4.78, 5) is 21.6. The van der Waals surface area contributed by atoms with E-state index in [2.05, 4.69) is 0 Å². The van der Waals surface area contributed by atoms with E-state index in [0.717, 1.165) is 102 Å². The number of aromatic carboxylic acids is 2. The first-order valence-corrected chi connectivity index (χ1v) is 18.0. The van der Waals surface area contributed by atoms with Crippen LogP contribution in [-0.4, -0.2) is 48.6 Å². The maximum absolute atomic E-state index is 11.6. The van der Waals surface area contributed by atoms with Gasteiger partial charge in [-0.2, -0.15) is 0 Å². The second kappa shape index (κ2) is 26.9. The summed E-state index contributed by atoms with van der Waals surface area (Å²) in [6.07, 6.45) is 12.9. The van der Waals surface area contributed by atoms with Crippen LogP contribution in [0.2, 0.25) is 0 Å². The zero-order chi connectivity index (χ0) is 37.2. The van der Waals surface area contributed by atoms with E-state index >= 15 is 0 Å². The number of carboxylic acids is 2.